The lowest BCUT2D eigenvalue weighted by Crippen LogP contribution is -2.52. The fourth-order valence-electron chi connectivity index (χ4n) is 3.37. The van der Waals surface area contributed by atoms with Gasteiger partial charge >= 0.3 is 5.69 Å². The first kappa shape index (κ1) is 22.1. The van der Waals surface area contributed by atoms with Gasteiger partial charge in [-0.1, -0.05) is 12.1 Å². The molecule has 1 saturated heterocycles. The van der Waals surface area contributed by atoms with E-state index in [2.05, 4.69) is 10.6 Å². The van der Waals surface area contributed by atoms with Gasteiger partial charge in [0.2, 0.25) is 11.8 Å². The number of amides is 2. The van der Waals surface area contributed by atoms with Crippen molar-refractivity contribution in [1.29, 1.82) is 0 Å². The number of hydrogen-bond donors (Lipinski definition) is 3. The van der Waals surface area contributed by atoms with E-state index in [-0.39, 0.29) is 43.9 Å². The first-order valence-corrected chi connectivity index (χ1v) is 9.70. The van der Waals surface area contributed by atoms with Crippen LogP contribution in [0.25, 0.3) is 0 Å². The van der Waals surface area contributed by atoms with Crippen molar-refractivity contribution in [3.63, 3.8) is 0 Å². The monoisotopic (exact) mass is 431 g/mol. The Morgan fingerprint density at radius 3 is 2.48 bits per heavy atom. The van der Waals surface area contributed by atoms with Crippen LogP contribution in [-0.2, 0) is 22.7 Å². The molecule has 0 spiro atoms. The molecule has 31 heavy (non-hydrogen) atoms. The number of rotatable bonds is 7. The van der Waals surface area contributed by atoms with Crippen LogP contribution in [0.5, 0.6) is 0 Å². The molecule has 0 saturated carbocycles. The van der Waals surface area contributed by atoms with E-state index >= 15 is 0 Å². The molecule has 10 nitrogen and oxygen atoms in total. The molecule has 2 aromatic rings. The van der Waals surface area contributed by atoms with Crippen molar-refractivity contribution in [3.05, 3.63) is 62.0 Å². The molecular formula is C20H22FN5O5. The first-order chi connectivity index (χ1) is 14.7. The van der Waals surface area contributed by atoms with Gasteiger partial charge in [0.15, 0.2) is 5.78 Å². The van der Waals surface area contributed by atoms with Crippen molar-refractivity contribution in [2.24, 2.45) is 0 Å². The summed E-state index contributed by atoms with van der Waals surface area (Å²) in [6.45, 7) is 1.15. The van der Waals surface area contributed by atoms with Crippen LogP contribution in [0, 0.1) is 5.82 Å². The third kappa shape index (κ3) is 4.61. The highest BCUT2D eigenvalue weighted by atomic mass is 19.1. The SMILES string of the molecule is CCn1c(=O)c(C(=O)CNC2CCC(=O)NC2=O)c(N)n(Cc2ccc(F)cc2)c1=O. The highest BCUT2D eigenvalue weighted by molar-refractivity contribution is 6.03. The number of carbonyl (C=O) groups excluding carboxylic acids is 3. The van der Waals surface area contributed by atoms with Crippen molar-refractivity contribution < 1.29 is 18.8 Å². The largest absolute Gasteiger partial charge is 0.384 e. The predicted octanol–water partition coefficient (Wildman–Crippen LogP) is -0.623. The van der Waals surface area contributed by atoms with Gasteiger partial charge in [-0.15, -0.1) is 0 Å². The molecule has 4 N–H and O–H groups in total. The molecule has 1 unspecified atom stereocenters. The molecule has 1 atom stereocenters. The fraction of sp³-hybridized carbons (Fsp3) is 0.350. The summed E-state index contributed by atoms with van der Waals surface area (Å²) in [6.07, 6.45) is 0.349. The number of imide groups is 1. The third-order valence-corrected chi connectivity index (χ3v) is 5.06. The van der Waals surface area contributed by atoms with Crippen LogP contribution >= 0.6 is 0 Å². The van der Waals surface area contributed by atoms with Gasteiger partial charge in [-0.25, -0.2) is 9.18 Å². The van der Waals surface area contributed by atoms with Gasteiger partial charge in [-0.3, -0.25) is 38.9 Å². The Kier molecular flexibility index (Phi) is 6.44. The second-order valence-corrected chi connectivity index (χ2v) is 7.11. The second-order valence-electron chi connectivity index (χ2n) is 7.11. The van der Waals surface area contributed by atoms with Crippen LogP contribution in [0.2, 0.25) is 0 Å². The Balaban J connectivity index is 1.91. The second kappa shape index (κ2) is 9.04. The van der Waals surface area contributed by atoms with Crippen molar-refractivity contribution in [3.8, 4) is 0 Å². The zero-order valence-electron chi connectivity index (χ0n) is 16.8. The Morgan fingerprint density at radius 1 is 1.19 bits per heavy atom. The van der Waals surface area contributed by atoms with Gasteiger partial charge in [-0.05, 0) is 31.0 Å². The molecule has 1 aromatic carbocycles. The molecular weight excluding hydrogens is 409 g/mol. The van der Waals surface area contributed by atoms with Gasteiger partial charge in [0.25, 0.3) is 5.56 Å². The minimum atomic E-state index is -0.824. The van der Waals surface area contributed by atoms with E-state index in [1.54, 1.807) is 6.92 Å². The summed E-state index contributed by atoms with van der Waals surface area (Å²) < 4.78 is 15.1. The fourth-order valence-corrected chi connectivity index (χ4v) is 3.37. The van der Waals surface area contributed by atoms with Gasteiger partial charge in [0.1, 0.15) is 17.2 Å². The van der Waals surface area contributed by atoms with Crippen LogP contribution in [0.3, 0.4) is 0 Å². The van der Waals surface area contributed by atoms with E-state index in [1.165, 1.54) is 24.3 Å². The van der Waals surface area contributed by atoms with Gasteiger partial charge in [-0.2, -0.15) is 0 Å². The van der Waals surface area contributed by atoms with Gasteiger partial charge in [0, 0.05) is 13.0 Å². The van der Waals surface area contributed by atoms with Crippen LogP contribution < -0.4 is 27.6 Å². The maximum Gasteiger partial charge on any atom is 0.332 e. The molecule has 1 aromatic heterocycles. The van der Waals surface area contributed by atoms with Crippen LogP contribution in [-0.4, -0.2) is 39.3 Å². The normalized spacial score (nSPS) is 16.3. The van der Waals surface area contributed by atoms with E-state index in [4.69, 9.17) is 5.73 Å². The predicted molar refractivity (Wildman–Crippen MR) is 109 cm³/mol. The number of halogens is 1. The summed E-state index contributed by atoms with van der Waals surface area (Å²) in [5.74, 6) is -2.39. The number of nitrogens with two attached hydrogens (primary N) is 1. The topological polar surface area (TPSA) is 145 Å². The zero-order chi connectivity index (χ0) is 22.7. The van der Waals surface area contributed by atoms with Gasteiger partial charge in [0.05, 0.1) is 19.1 Å². The molecule has 0 bridgehead atoms. The number of nitrogen functional groups attached to an aromatic ring is 1. The Morgan fingerprint density at radius 2 is 1.87 bits per heavy atom. The molecule has 2 amide bonds. The highest BCUT2D eigenvalue weighted by Gasteiger charge is 2.28. The number of aromatic nitrogens is 2. The van der Waals surface area contributed by atoms with E-state index in [0.29, 0.717) is 5.56 Å². The highest BCUT2D eigenvalue weighted by Crippen LogP contribution is 2.11. The number of nitrogens with zero attached hydrogens (tertiary/aromatic N) is 2. The average molecular weight is 431 g/mol. The van der Waals surface area contributed by atoms with Crippen LogP contribution in [0.4, 0.5) is 10.2 Å². The van der Waals surface area contributed by atoms with Crippen molar-refractivity contribution in [2.75, 3.05) is 12.3 Å². The molecule has 11 heteroatoms. The standard InChI is InChI=1S/C20H22FN5O5/c1-2-25-19(30)16(14(27)9-23-13-7-8-15(28)24-18(13)29)17(22)26(20(25)31)10-11-3-5-12(21)6-4-11/h3-6,13,23H,2,7-10,22H2,1H3,(H,24,28,29). The number of hydrogen-bond acceptors (Lipinski definition) is 7. The Labute approximate surface area is 175 Å². The lowest BCUT2D eigenvalue weighted by molar-refractivity contribution is -0.134. The number of carbonyl (C=O) groups is 3. The van der Waals surface area contributed by atoms with E-state index in [1.807, 2.05) is 0 Å². The summed E-state index contributed by atoms with van der Waals surface area (Å²) in [6, 6.07) is 4.62. The number of piperidine rings is 1. The molecule has 0 aliphatic carbocycles. The zero-order valence-corrected chi connectivity index (χ0v) is 16.8. The molecule has 3 rings (SSSR count). The molecule has 2 heterocycles. The van der Waals surface area contributed by atoms with Crippen molar-refractivity contribution in [2.45, 2.75) is 38.9 Å². The number of Topliss-reactive ketones (excluding diaryl/α,β-unsaturated/α-hetero) is 1. The number of nitrogens with one attached hydrogen (secondary N) is 2. The van der Waals surface area contributed by atoms with E-state index in [0.717, 1.165) is 9.13 Å². The molecule has 164 valence electrons. The van der Waals surface area contributed by atoms with Crippen LogP contribution in [0.1, 0.15) is 35.7 Å². The number of benzene rings is 1. The molecule has 0 radical (unpaired) electrons. The minimum absolute atomic E-state index is 0.0161. The molecule has 1 aliphatic rings. The summed E-state index contributed by atoms with van der Waals surface area (Å²) in [7, 11) is 0. The van der Waals surface area contributed by atoms with Gasteiger partial charge < -0.3 is 5.73 Å². The lowest BCUT2D eigenvalue weighted by Gasteiger charge is -2.22. The smallest absolute Gasteiger partial charge is 0.332 e. The average Bonchev–Trinajstić information content (AvgIpc) is 2.72. The maximum atomic E-state index is 13.2. The Bertz CT molecular complexity index is 1150. The number of anilines is 1. The third-order valence-electron chi connectivity index (χ3n) is 5.06. The van der Waals surface area contributed by atoms with E-state index < -0.39 is 40.7 Å². The summed E-state index contributed by atoms with van der Waals surface area (Å²) >= 11 is 0. The number of ketones is 1. The summed E-state index contributed by atoms with van der Waals surface area (Å²) in [5, 5.41) is 4.89. The van der Waals surface area contributed by atoms with Crippen molar-refractivity contribution in [1.82, 2.24) is 19.8 Å². The van der Waals surface area contributed by atoms with Crippen molar-refractivity contribution >= 4 is 23.4 Å². The minimum Gasteiger partial charge on any atom is -0.384 e. The molecule has 1 fully saturated rings. The quantitative estimate of drug-likeness (QED) is 0.391. The lowest BCUT2D eigenvalue weighted by atomic mass is 10.1. The summed E-state index contributed by atoms with van der Waals surface area (Å²) in [5.41, 5.74) is 4.71. The summed E-state index contributed by atoms with van der Waals surface area (Å²) in [4.78, 5) is 61.4. The maximum absolute atomic E-state index is 13.2. The van der Waals surface area contributed by atoms with E-state index in [9.17, 15) is 28.4 Å². The Hall–Kier alpha value is -3.60. The van der Waals surface area contributed by atoms with Crippen LogP contribution in [0.15, 0.2) is 33.9 Å². The molecule has 1 aliphatic heterocycles. The first-order valence-electron chi connectivity index (χ1n) is 9.70.